The van der Waals surface area contributed by atoms with E-state index in [9.17, 15) is 4.79 Å². The first-order chi connectivity index (χ1) is 12.6. The maximum atomic E-state index is 12.4. The number of methoxy groups -OCH3 is 1. The van der Waals surface area contributed by atoms with Crippen molar-refractivity contribution in [3.63, 3.8) is 0 Å². The van der Waals surface area contributed by atoms with E-state index in [0.29, 0.717) is 35.1 Å². The van der Waals surface area contributed by atoms with Crippen LogP contribution in [0.15, 0.2) is 46.9 Å². The summed E-state index contributed by atoms with van der Waals surface area (Å²) in [7, 11) is 1.62. The third-order valence-corrected chi connectivity index (χ3v) is 4.37. The van der Waals surface area contributed by atoms with Gasteiger partial charge in [-0.15, -0.1) is 0 Å². The summed E-state index contributed by atoms with van der Waals surface area (Å²) in [4.78, 5) is 16.9. The largest absolute Gasteiger partial charge is 0.440 e. The van der Waals surface area contributed by atoms with Crippen LogP contribution in [0.3, 0.4) is 0 Å². The lowest BCUT2D eigenvalue weighted by Gasteiger charge is -2.15. The lowest BCUT2D eigenvalue weighted by Crippen LogP contribution is -2.37. The lowest BCUT2D eigenvalue weighted by atomic mass is 10.1. The molecule has 1 atom stereocenters. The summed E-state index contributed by atoms with van der Waals surface area (Å²) in [6, 6.07) is 12.8. The number of aromatic nitrogens is 1. The minimum atomic E-state index is -0.149. The summed E-state index contributed by atoms with van der Waals surface area (Å²) in [5.74, 6) is 0.439. The third-order valence-electron chi connectivity index (χ3n) is 4.14. The molecule has 0 bridgehead atoms. The minimum Gasteiger partial charge on any atom is -0.440 e. The van der Waals surface area contributed by atoms with Gasteiger partial charge in [0.2, 0.25) is 0 Å². The highest BCUT2D eigenvalue weighted by Gasteiger charge is 2.14. The normalized spacial score (nSPS) is 12.3. The van der Waals surface area contributed by atoms with Crippen LogP contribution in [0, 0.1) is 0 Å². The van der Waals surface area contributed by atoms with Crippen molar-refractivity contribution in [1.29, 1.82) is 0 Å². The van der Waals surface area contributed by atoms with E-state index >= 15 is 0 Å². The van der Waals surface area contributed by atoms with Gasteiger partial charge in [0.15, 0.2) is 11.5 Å². The molecule has 26 heavy (non-hydrogen) atoms. The Morgan fingerprint density at radius 1 is 1.31 bits per heavy atom. The minimum absolute atomic E-state index is 0.0173. The van der Waals surface area contributed by atoms with E-state index in [1.54, 1.807) is 25.3 Å². The van der Waals surface area contributed by atoms with Gasteiger partial charge in [-0.2, -0.15) is 0 Å². The number of oxazole rings is 1. The van der Waals surface area contributed by atoms with Crippen molar-refractivity contribution in [3.8, 4) is 0 Å². The highest BCUT2D eigenvalue weighted by Crippen LogP contribution is 2.20. The van der Waals surface area contributed by atoms with Gasteiger partial charge < -0.3 is 14.5 Å². The zero-order valence-corrected chi connectivity index (χ0v) is 15.5. The maximum absolute atomic E-state index is 12.4. The molecule has 0 saturated carbocycles. The zero-order valence-electron chi connectivity index (χ0n) is 14.8. The molecule has 1 heterocycles. The molecule has 0 spiro atoms. The molecule has 0 saturated heterocycles. The summed E-state index contributed by atoms with van der Waals surface area (Å²) in [6.45, 7) is 2.49. The van der Waals surface area contributed by atoms with Crippen LogP contribution < -0.4 is 5.32 Å². The maximum Gasteiger partial charge on any atom is 0.251 e. The quantitative estimate of drug-likeness (QED) is 0.674. The molecule has 1 aromatic heterocycles. The molecule has 0 radical (unpaired) electrons. The molecule has 3 aromatic rings. The Hall–Kier alpha value is -2.37. The molecule has 1 unspecified atom stereocenters. The molecule has 6 heteroatoms. The summed E-state index contributed by atoms with van der Waals surface area (Å²) in [6.07, 6.45) is 1.34. The van der Waals surface area contributed by atoms with Crippen molar-refractivity contribution >= 4 is 28.6 Å². The standard InChI is InChI=1S/C20H21ClN2O3/c1-3-16(12-25-2)22-20(24)14-7-8-17-18(11-14)26-19(23-17)10-13-5-4-6-15(21)9-13/h4-9,11,16H,3,10,12H2,1-2H3,(H,22,24). The van der Waals surface area contributed by atoms with Crippen molar-refractivity contribution in [3.05, 3.63) is 64.5 Å². The first kappa shape index (κ1) is 18.4. The van der Waals surface area contributed by atoms with Crippen LogP contribution in [0.25, 0.3) is 11.1 Å². The fraction of sp³-hybridized carbons (Fsp3) is 0.300. The van der Waals surface area contributed by atoms with Crippen LogP contribution in [0.1, 0.15) is 35.2 Å². The predicted molar refractivity (Wildman–Crippen MR) is 102 cm³/mol. The number of hydrogen-bond donors (Lipinski definition) is 1. The third kappa shape index (κ3) is 4.42. The number of carbonyl (C=O) groups excluding carboxylic acids is 1. The Balaban J connectivity index is 1.77. The number of halogens is 1. The van der Waals surface area contributed by atoms with Gasteiger partial charge in [-0.1, -0.05) is 30.7 Å². The van der Waals surface area contributed by atoms with Crippen LogP contribution in [0.4, 0.5) is 0 Å². The average molecular weight is 373 g/mol. The first-order valence-electron chi connectivity index (χ1n) is 8.52. The molecule has 5 nitrogen and oxygen atoms in total. The number of amides is 1. The monoisotopic (exact) mass is 372 g/mol. The number of benzene rings is 2. The highest BCUT2D eigenvalue weighted by atomic mass is 35.5. The van der Waals surface area contributed by atoms with Crippen molar-refractivity contribution in [2.24, 2.45) is 0 Å². The number of nitrogens with one attached hydrogen (secondary N) is 1. The Bertz CT molecular complexity index is 907. The van der Waals surface area contributed by atoms with Gasteiger partial charge in [0.25, 0.3) is 5.91 Å². The second-order valence-corrected chi connectivity index (χ2v) is 6.57. The summed E-state index contributed by atoms with van der Waals surface area (Å²) in [5.41, 5.74) is 2.88. The second kappa shape index (κ2) is 8.34. The van der Waals surface area contributed by atoms with Crippen LogP contribution in [-0.2, 0) is 11.2 Å². The fourth-order valence-electron chi connectivity index (χ4n) is 2.74. The Kier molecular flexibility index (Phi) is 5.91. The van der Waals surface area contributed by atoms with Gasteiger partial charge in [-0.3, -0.25) is 4.79 Å². The number of ether oxygens (including phenoxy) is 1. The summed E-state index contributed by atoms with van der Waals surface area (Å²) < 4.78 is 10.9. The molecule has 136 valence electrons. The van der Waals surface area contributed by atoms with Gasteiger partial charge in [-0.25, -0.2) is 4.98 Å². The molecule has 3 rings (SSSR count). The fourth-order valence-corrected chi connectivity index (χ4v) is 2.96. The van der Waals surface area contributed by atoms with E-state index in [1.165, 1.54) is 0 Å². The zero-order chi connectivity index (χ0) is 18.5. The number of fused-ring (bicyclic) bond motifs is 1. The SMILES string of the molecule is CCC(COC)NC(=O)c1ccc2nc(Cc3cccc(Cl)c3)oc2c1. The molecule has 0 aliphatic carbocycles. The van der Waals surface area contributed by atoms with E-state index < -0.39 is 0 Å². The van der Waals surface area contributed by atoms with Gasteiger partial charge in [-0.05, 0) is 42.3 Å². The molecule has 0 aliphatic heterocycles. The number of rotatable bonds is 7. The van der Waals surface area contributed by atoms with Gasteiger partial charge in [0.1, 0.15) is 5.52 Å². The molecule has 0 fully saturated rings. The van der Waals surface area contributed by atoms with Crippen LogP contribution in [0.5, 0.6) is 0 Å². The van der Waals surface area contributed by atoms with Crippen LogP contribution in [0.2, 0.25) is 5.02 Å². The number of nitrogens with zero attached hydrogens (tertiary/aromatic N) is 1. The molecule has 2 aromatic carbocycles. The molecule has 0 aliphatic rings. The van der Waals surface area contributed by atoms with Crippen LogP contribution in [-0.4, -0.2) is 30.6 Å². The van der Waals surface area contributed by atoms with E-state index in [2.05, 4.69) is 10.3 Å². The molecular formula is C20H21ClN2O3. The Morgan fingerprint density at radius 2 is 2.15 bits per heavy atom. The van der Waals surface area contributed by atoms with E-state index in [4.69, 9.17) is 20.8 Å². The second-order valence-electron chi connectivity index (χ2n) is 6.13. The average Bonchev–Trinajstić information content (AvgIpc) is 3.02. The highest BCUT2D eigenvalue weighted by molar-refractivity contribution is 6.30. The number of carbonyl (C=O) groups is 1. The van der Waals surface area contributed by atoms with Crippen molar-refractivity contribution in [1.82, 2.24) is 10.3 Å². The van der Waals surface area contributed by atoms with Crippen LogP contribution >= 0.6 is 11.6 Å². The van der Waals surface area contributed by atoms with E-state index in [1.807, 2.05) is 31.2 Å². The number of hydrogen-bond acceptors (Lipinski definition) is 4. The van der Waals surface area contributed by atoms with E-state index in [0.717, 1.165) is 17.5 Å². The Labute approximate surface area is 157 Å². The van der Waals surface area contributed by atoms with Gasteiger partial charge in [0, 0.05) is 24.1 Å². The smallest absolute Gasteiger partial charge is 0.251 e. The Morgan fingerprint density at radius 3 is 2.88 bits per heavy atom. The molecular weight excluding hydrogens is 352 g/mol. The summed E-state index contributed by atoms with van der Waals surface area (Å²) >= 11 is 6.02. The molecule has 1 N–H and O–H groups in total. The topological polar surface area (TPSA) is 64.4 Å². The predicted octanol–water partition coefficient (Wildman–Crippen LogP) is 4.23. The molecule has 1 amide bonds. The first-order valence-corrected chi connectivity index (χ1v) is 8.90. The van der Waals surface area contributed by atoms with Gasteiger partial charge in [0.05, 0.1) is 12.6 Å². The van der Waals surface area contributed by atoms with Crippen molar-refractivity contribution in [2.75, 3.05) is 13.7 Å². The van der Waals surface area contributed by atoms with Crippen molar-refractivity contribution in [2.45, 2.75) is 25.8 Å². The lowest BCUT2D eigenvalue weighted by molar-refractivity contribution is 0.0894. The van der Waals surface area contributed by atoms with Crippen molar-refractivity contribution < 1.29 is 13.9 Å². The summed E-state index contributed by atoms with van der Waals surface area (Å²) in [5, 5.41) is 3.64. The van der Waals surface area contributed by atoms with E-state index in [-0.39, 0.29) is 11.9 Å². The van der Waals surface area contributed by atoms with Gasteiger partial charge >= 0.3 is 0 Å².